The molecule has 0 aromatic rings. The van der Waals surface area contributed by atoms with Gasteiger partial charge in [-0.15, -0.1) is 11.6 Å². The van der Waals surface area contributed by atoms with Crippen LogP contribution in [0.3, 0.4) is 0 Å². The van der Waals surface area contributed by atoms with Gasteiger partial charge in [-0.05, 0) is 6.08 Å². The van der Waals surface area contributed by atoms with Crippen molar-refractivity contribution in [2.24, 2.45) is 10.9 Å². The van der Waals surface area contributed by atoms with Crippen LogP contribution >= 0.6 is 11.6 Å². The Balaban J connectivity index is 2.66. The molecule has 0 saturated carbocycles. The third-order valence-corrected chi connectivity index (χ3v) is 1.45. The number of carbonyl (C=O) groups is 1. The lowest BCUT2D eigenvalue weighted by Gasteiger charge is -2.04. The monoisotopic (exact) mass is 143 g/mol. The van der Waals surface area contributed by atoms with Crippen molar-refractivity contribution in [1.29, 1.82) is 0 Å². The third-order valence-electron chi connectivity index (χ3n) is 1.11. The second kappa shape index (κ2) is 2.78. The maximum Gasteiger partial charge on any atom is 0.253 e. The molecule has 0 bridgehead atoms. The topological polar surface area (TPSA) is 29.4 Å². The summed E-state index contributed by atoms with van der Waals surface area (Å²) in [6, 6.07) is 0. The van der Waals surface area contributed by atoms with Gasteiger partial charge in [0, 0.05) is 12.1 Å². The lowest BCUT2D eigenvalue weighted by Crippen LogP contribution is -2.13. The van der Waals surface area contributed by atoms with Gasteiger partial charge in [0.05, 0.1) is 5.92 Å². The smallest absolute Gasteiger partial charge is 0.253 e. The van der Waals surface area contributed by atoms with Gasteiger partial charge < -0.3 is 0 Å². The van der Waals surface area contributed by atoms with Gasteiger partial charge in [0.2, 0.25) is 0 Å². The fourth-order valence-corrected chi connectivity index (χ4v) is 0.831. The first-order valence-electron chi connectivity index (χ1n) is 2.65. The van der Waals surface area contributed by atoms with E-state index < -0.39 is 0 Å². The van der Waals surface area contributed by atoms with Crippen molar-refractivity contribution in [2.45, 2.75) is 0 Å². The quantitative estimate of drug-likeness (QED) is 0.504. The van der Waals surface area contributed by atoms with E-state index >= 15 is 0 Å². The van der Waals surface area contributed by atoms with Gasteiger partial charge in [0.15, 0.2) is 0 Å². The highest BCUT2D eigenvalue weighted by molar-refractivity contribution is 6.20. The molecule has 1 rings (SSSR count). The summed E-state index contributed by atoms with van der Waals surface area (Å²) in [7, 11) is 0. The number of aliphatic imine (C=N–C) groups is 1. The minimum atomic E-state index is -0.198. The highest BCUT2D eigenvalue weighted by Gasteiger charge is 2.13. The lowest BCUT2D eigenvalue weighted by molar-refractivity contribution is -0.119. The van der Waals surface area contributed by atoms with Crippen LogP contribution in [0, 0.1) is 5.92 Å². The standard InChI is InChI=1S/C6H6ClNO/c7-4-5-2-1-3-8-6(5)9/h1-3,5H,4H2. The molecule has 2 nitrogen and oxygen atoms in total. The number of alkyl halides is 1. The number of nitrogens with zero attached hydrogens (tertiary/aromatic N) is 1. The molecule has 0 spiro atoms. The number of dihydropyridines is 1. The van der Waals surface area contributed by atoms with Crippen LogP contribution in [-0.2, 0) is 4.79 Å². The Bertz CT molecular complexity index is 174. The zero-order chi connectivity index (χ0) is 6.69. The fraction of sp³-hybridized carbons (Fsp3) is 0.333. The molecule has 1 unspecified atom stereocenters. The molecule has 1 amide bonds. The van der Waals surface area contributed by atoms with Crippen LogP contribution < -0.4 is 0 Å². The van der Waals surface area contributed by atoms with E-state index in [1.54, 1.807) is 12.2 Å². The van der Waals surface area contributed by atoms with E-state index in [-0.39, 0.29) is 11.8 Å². The Kier molecular flexibility index (Phi) is 2.01. The maximum absolute atomic E-state index is 10.7. The summed E-state index contributed by atoms with van der Waals surface area (Å²) in [5.41, 5.74) is 0. The number of hydrogen-bond acceptors (Lipinski definition) is 1. The molecule has 1 atom stereocenters. The molecule has 0 saturated heterocycles. The summed E-state index contributed by atoms with van der Waals surface area (Å²) in [5, 5.41) is 0. The zero-order valence-electron chi connectivity index (χ0n) is 4.75. The average Bonchev–Trinajstić information content (AvgIpc) is 1.89. The zero-order valence-corrected chi connectivity index (χ0v) is 5.51. The Morgan fingerprint density at radius 3 is 3.00 bits per heavy atom. The van der Waals surface area contributed by atoms with E-state index in [2.05, 4.69) is 4.99 Å². The van der Waals surface area contributed by atoms with Gasteiger partial charge in [-0.3, -0.25) is 4.79 Å². The number of rotatable bonds is 1. The summed E-state index contributed by atoms with van der Waals surface area (Å²) >= 11 is 5.43. The molecular weight excluding hydrogens is 138 g/mol. The Morgan fingerprint density at radius 1 is 1.78 bits per heavy atom. The first kappa shape index (κ1) is 6.49. The van der Waals surface area contributed by atoms with E-state index in [4.69, 9.17) is 11.6 Å². The van der Waals surface area contributed by atoms with Crippen LogP contribution in [0.15, 0.2) is 17.1 Å². The molecule has 0 radical (unpaired) electrons. The third kappa shape index (κ3) is 1.39. The number of hydrogen-bond donors (Lipinski definition) is 0. The Morgan fingerprint density at radius 2 is 2.56 bits per heavy atom. The summed E-state index contributed by atoms with van der Waals surface area (Å²) < 4.78 is 0. The van der Waals surface area contributed by atoms with Gasteiger partial charge in [0.1, 0.15) is 0 Å². The van der Waals surface area contributed by atoms with Gasteiger partial charge in [-0.25, -0.2) is 4.99 Å². The molecular formula is C6H6ClNO. The van der Waals surface area contributed by atoms with Crippen LogP contribution in [0.5, 0.6) is 0 Å². The SMILES string of the molecule is O=C1N=CC=CC1CCl. The minimum Gasteiger partial charge on any atom is -0.272 e. The van der Waals surface area contributed by atoms with E-state index in [1.165, 1.54) is 6.21 Å². The van der Waals surface area contributed by atoms with Crippen molar-refractivity contribution in [2.75, 3.05) is 5.88 Å². The van der Waals surface area contributed by atoms with Crippen molar-refractivity contribution < 1.29 is 4.79 Å². The Hall–Kier alpha value is -0.630. The largest absolute Gasteiger partial charge is 0.272 e. The molecule has 0 aromatic heterocycles. The normalized spacial score (nSPS) is 25.0. The molecule has 48 valence electrons. The number of allylic oxidation sites excluding steroid dienone is 1. The lowest BCUT2D eigenvalue weighted by atomic mass is 10.1. The summed E-state index contributed by atoms with van der Waals surface area (Å²) in [6.45, 7) is 0. The van der Waals surface area contributed by atoms with Crippen molar-refractivity contribution in [3.8, 4) is 0 Å². The number of amides is 1. The van der Waals surface area contributed by atoms with E-state index in [9.17, 15) is 4.79 Å². The van der Waals surface area contributed by atoms with Crippen molar-refractivity contribution in [3.63, 3.8) is 0 Å². The fourth-order valence-electron chi connectivity index (χ4n) is 0.596. The summed E-state index contributed by atoms with van der Waals surface area (Å²) in [5.74, 6) is -0.0173. The van der Waals surface area contributed by atoms with Crippen molar-refractivity contribution >= 4 is 23.7 Å². The highest BCUT2D eigenvalue weighted by Crippen LogP contribution is 2.06. The molecule has 1 heterocycles. The summed E-state index contributed by atoms with van der Waals surface area (Å²) in [6.07, 6.45) is 4.96. The first-order valence-corrected chi connectivity index (χ1v) is 3.18. The number of carbonyl (C=O) groups excluding carboxylic acids is 1. The predicted molar refractivity (Wildman–Crippen MR) is 36.8 cm³/mol. The molecule has 0 fully saturated rings. The molecule has 3 heteroatoms. The van der Waals surface area contributed by atoms with Crippen LogP contribution in [0.2, 0.25) is 0 Å². The van der Waals surface area contributed by atoms with Crippen LogP contribution in [0.4, 0.5) is 0 Å². The van der Waals surface area contributed by atoms with Crippen LogP contribution in [-0.4, -0.2) is 18.0 Å². The molecule has 1 aliphatic heterocycles. The van der Waals surface area contributed by atoms with Crippen molar-refractivity contribution in [3.05, 3.63) is 12.2 Å². The van der Waals surface area contributed by atoms with Crippen molar-refractivity contribution in [1.82, 2.24) is 0 Å². The molecule has 0 aromatic carbocycles. The van der Waals surface area contributed by atoms with Gasteiger partial charge in [-0.2, -0.15) is 0 Å². The Labute approximate surface area is 58.2 Å². The minimum absolute atomic E-state index is 0.146. The number of halogens is 1. The van der Waals surface area contributed by atoms with Gasteiger partial charge >= 0.3 is 0 Å². The van der Waals surface area contributed by atoms with Gasteiger partial charge in [-0.1, -0.05) is 6.08 Å². The first-order chi connectivity index (χ1) is 4.34. The van der Waals surface area contributed by atoms with Crippen LogP contribution in [0.1, 0.15) is 0 Å². The van der Waals surface area contributed by atoms with E-state index in [0.717, 1.165) is 0 Å². The molecule has 0 N–H and O–H groups in total. The second-order valence-corrected chi connectivity index (χ2v) is 2.07. The molecule has 1 aliphatic rings. The summed E-state index contributed by atoms with van der Waals surface area (Å²) in [4.78, 5) is 14.2. The van der Waals surface area contributed by atoms with Crippen LogP contribution in [0.25, 0.3) is 0 Å². The molecule has 0 aliphatic carbocycles. The predicted octanol–water partition coefficient (Wildman–Crippen LogP) is 1.01. The molecule has 9 heavy (non-hydrogen) atoms. The second-order valence-electron chi connectivity index (χ2n) is 1.76. The maximum atomic E-state index is 10.7. The van der Waals surface area contributed by atoms with E-state index in [1.807, 2.05) is 0 Å². The average molecular weight is 144 g/mol. The highest BCUT2D eigenvalue weighted by atomic mass is 35.5. The van der Waals surface area contributed by atoms with E-state index in [0.29, 0.717) is 5.88 Å². The van der Waals surface area contributed by atoms with Gasteiger partial charge in [0.25, 0.3) is 5.91 Å².